The quantitative estimate of drug-likeness (QED) is 0.369. The number of unbranched alkanes of at least 4 members (excludes halogenated alkanes) is 2. The van der Waals surface area contributed by atoms with E-state index in [9.17, 15) is 4.79 Å². The lowest BCUT2D eigenvalue weighted by Gasteiger charge is -2.09. The Morgan fingerprint density at radius 2 is 1.92 bits per heavy atom. The molecule has 0 aromatic carbocycles. The van der Waals surface area contributed by atoms with Gasteiger partial charge in [0.15, 0.2) is 0 Å². The molecule has 1 unspecified atom stereocenters. The molecule has 0 saturated carbocycles. The fourth-order valence-electron chi connectivity index (χ4n) is 0.831. The van der Waals surface area contributed by atoms with Crippen molar-refractivity contribution < 1.29 is 4.79 Å². The minimum absolute atomic E-state index is 0.0779. The van der Waals surface area contributed by atoms with Gasteiger partial charge in [-0.2, -0.15) is 0 Å². The highest BCUT2D eigenvalue weighted by Gasteiger charge is 2.13. The molecule has 0 radical (unpaired) electrons. The zero-order valence-corrected chi connectivity index (χ0v) is 9.18. The fourth-order valence-corrected chi connectivity index (χ4v) is 0.831. The van der Waals surface area contributed by atoms with Gasteiger partial charge in [0, 0.05) is 12.3 Å². The Morgan fingerprint density at radius 1 is 1.31 bits per heavy atom. The average molecular weight is 180 g/mol. The van der Waals surface area contributed by atoms with Crippen LogP contribution < -0.4 is 0 Å². The lowest BCUT2D eigenvalue weighted by atomic mass is 9.94. The van der Waals surface area contributed by atoms with Gasteiger partial charge in [-0.1, -0.05) is 40.0 Å². The second-order valence-corrected chi connectivity index (χ2v) is 3.80. The maximum absolute atomic E-state index is 11.4. The first-order chi connectivity index (χ1) is 6.09. The zero-order chi connectivity index (χ0) is 10.3. The molecule has 0 aliphatic heterocycles. The van der Waals surface area contributed by atoms with Crippen LogP contribution in [0.3, 0.4) is 0 Å². The van der Waals surface area contributed by atoms with Crippen LogP contribution in [0.15, 0.2) is 0 Å². The Labute approximate surface area is 81.9 Å². The molecule has 0 aliphatic carbocycles. The number of carbonyl (C=O) groups is 1. The molecule has 1 atom stereocenters. The van der Waals surface area contributed by atoms with Crippen LogP contribution in [0, 0.1) is 23.7 Å². The summed E-state index contributed by atoms with van der Waals surface area (Å²) in [6, 6.07) is 0. The van der Waals surface area contributed by atoms with Crippen molar-refractivity contribution in [2.45, 2.75) is 47.0 Å². The smallest absolute Gasteiger partial charge is 0.208 e. The second kappa shape index (κ2) is 6.71. The number of hydrogen-bond donors (Lipinski definition) is 0. The van der Waals surface area contributed by atoms with Crippen molar-refractivity contribution in [3.05, 3.63) is 0 Å². The van der Waals surface area contributed by atoms with Gasteiger partial charge < -0.3 is 0 Å². The molecule has 0 N–H and O–H groups in total. The first-order valence-electron chi connectivity index (χ1n) is 5.12. The Kier molecular flexibility index (Phi) is 6.32. The van der Waals surface area contributed by atoms with Gasteiger partial charge in [-0.25, -0.2) is 0 Å². The van der Waals surface area contributed by atoms with Gasteiger partial charge in [0.05, 0.1) is 0 Å². The monoisotopic (exact) mass is 180 g/mol. The topological polar surface area (TPSA) is 17.1 Å². The van der Waals surface area contributed by atoms with Gasteiger partial charge in [0.2, 0.25) is 5.78 Å². The summed E-state index contributed by atoms with van der Waals surface area (Å²) in [7, 11) is 0. The summed E-state index contributed by atoms with van der Waals surface area (Å²) in [6.45, 7) is 8.17. The third-order valence-corrected chi connectivity index (χ3v) is 2.28. The molecular weight excluding hydrogens is 160 g/mol. The van der Waals surface area contributed by atoms with Crippen molar-refractivity contribution in [3.8, 4) is 11.8 Å². The maximum Gasteiger partial charge on any atom is 0.208 e. The van der Waals surface area contributed by atoms with E-state index in [1.165, 1.54) is 0 Å². The first-order valence-corrected chi connectivity index (χ1v) is 5.12. The minimum atomic E-state index is 0.0779. The van der Waals surface area contributed by atoms with Crippen LogP contribution in [0.4, 0.5) is 0 Å². The van der Waals surface area contributed by atoms with E-state index in [1.54, 1.807) is 0 Å². The molecular formula is C12H20O. The van der Waals surface area contributed by atoms with Crippen molar-refractivity contribution in [2.75, 3.05) is 0 Å². The van der Waals surface area contributed by atoms with Gasteiger partial charge in [-0.05, 0) is 18.3 Å². The predicted octanol–water partition coefficient (Wildman–Crippen LogP) is 3.04. The van der Waals surface area contributed by atoms with Crippen LogP contribution in [0.25, 0.3) is 0 Å². The molecule has 0 aliphatic rings. The van der Waals surface area contributed by atoms with Gasteiger partial charge in [-0.3, -0.25) is 4.79 Å². The third kappa shape index (κ3) is 5.47. The Bertz CT molecular complexity index is 205. The molecule has 0 aromatic rings. The Balaban J connectivity index is 3.89. The van der Waals surface area contributed by atoms with E-state index in [1.807, 2.05) is 6.92 Å². The Morgan fingerprint density at radius 3 is 2.38 bits per heavy atom. The van der Waals surface area contributed by atoms with Crippen molar-refractivity contribution in [2.24, 2.45) is 11.8 Å². The molecule has 1 nitrogen and oxygen atoms in total. The third-order valence-electron chi connectivity index (χ3n) is 2.28. The summed E-state index contributed by atoms with van der Waals surface area (Å²) in [6.07, 6.45) is 3.09. The molecule has 0 saturated heterocycles. The molecule has 0 rings (SSSR count). The van der Waals surface area contributed by atoms with Gasteiger partial charge >= 0.3 is 0 Å². The zero-order valence-electron chi connectivity index (χ0n) is 9.18. The Hall–Kier alpha value is -0.770. The van der Waals surface area contributed by atoms with Crippen molar-refractivity contribution in [3.63, 3.8) is 0 Å². The van der Waals surface area contributed by atoms with Gasteiger partial charge in [0.25, 0.3) is 0 Å². The summed E-state index contributed by atoms with van der Waals surface area (Å²) in [5, 5.41) is 0. The summed E-state index contributed by atoms with van der Waals surface area (Å²) in [5.74, 6) is 6.20. The SMILES string of the molecule is CCCCC#CC(=O)C(C)C(C)C. The normalized spacial score (nSPS) is 12.1. The molecule has 13 heavy (non-hydrogen) atoms. The maximum atomic E-state index is 11.4. The molecule has 0 aromatic heterocycles. The van der Waals surface area contributed by atoms with Crippen LogP contribution in [-0.4, -0.2) is 5.78 Å². The number of ketones is 1. The number of rotatable bonds is 4. The van der Waals surface area contributed by atoms with E-state index in [0.29, 0.717) is 5.92 Å². The van der Waals surface area contributed by atoms with E-state index in [-0.39, 0.29) is 11.7 Å². The van der Waals surface area contributed by atoms with Crippen LogP contribution in [0.1, 0.15) is 47.0 Å². The van der Waals surface area contributed by atoms with Crippen LogP contribution in [0.2, 0.25) is 0 Å². The summed E-state index contributed by atoms with van der Waals surface area (Å²) in [4.78, 5) is 11.4. The first kappa shape index (κ1) is 12.2. The summed E-state index contributed by atoms with van der Waals surface area (Å²) in [5.41, 5.74) is 0. The van der Waals surface area contributed by atoms with Gasteiger partial charge in [0.1, 0.15) is 0 Å². The molecule has 0 bridgehead atoms. The molecule has 0 amide bonds. The highest BCUT2D eigenvalue weighted by molar-refractivity contribution is 5.97. The van der Waals surface area contributed by atoms with Crippen molar-refractivity contribution in [1.29, 1.82) is 0 Å². The standard InChI is InChI=1S/C12H20O/c1-5-6-7-8-9-12(13)11(4)10(2)3/h10-11H,5-7H2,1-4H3. The van der Waals surface area contributed by atoms with Crippen molar-refractivity contribution in [1.82, 2.24) is 0 Å². The lowest BCUT2D eigenvalue weighted by molar-refractivity contribution is -0.118. The van der Waals surface area contributed by atoms with Crippen molar-refractivity contribution >= 4 is 5.78 Å². The van der Waals surface area contributed by atoms with Gasteiger partial charge in [-0.15, -0.1) is 0 Å². The summed E-state index contributed by atoms with van der Waals surface area (Å²) >= 11 is 0. The number of carbonyl (C=O) groups excluding carboxylic acids is 1. The van der Waals surface area contributed by atoms with E-state index in [2.05, 4.69) is 32.6 Å². The minimum Gasteiger partial charge on any atom is -0.285 e. The average Bonchev–Trinajstić information content (AvgIpc) is 2.10. The highest BCUT2D eigenvalue weighted by atomic mass is 16.1. The molecule has 0 fully saturated rings. The number of hydrogen-bond acceptors (Lipinski definition) is 1. The molecule has 74 valence electrons. The van der Waals surface area contributed by atoms with E-state index in [4.69, 9.17) is 0 Å². The van der Waals surface area contributed by atoms with E-state index < -0.39 is 0 Å². The number of Topliss-reactive ketones (excluding diaryl/α,β-unsaturated/α-hetero) is 1. The molecule has 1 heteroatoms. The lowest BCUT2D eigenvalue weighted by Crippen LogP contribution is -2.14. The van der Waals surface area contributed by atoms with E-state index >= 15 is 0 Å². The van der Waals surface area contributed by atoms with Crippen LogP contribution in [0.5, 0.6) is 0 Å². The summed E-state index contributed by atoms with van der Waals surface area (Å²) < 4.78 is 0. The van der Waals surface area contributed by atoms with Crippen LogP contribution in [-0.2, 0) is 4.79 Å². The fraction of sp³-hybridized carbons (Fsp3) is 0.750. The molecule has 0 heterocycles. The highest BCUT2D eigenvalue weighted by Crippen LogP contribution is 2.09. The van der Waals surface area contributed by atoms with Crippen LogP contribution >= 0.6 is 0 Å². The van der Waals surface area contributed by atoms with E-state index in [0.717, 1.165) is 19.3 Å². The molecule has 0 spiro atoms. The second-order valence-electron chi connectivity index (χ2n) is 3.80. The largest absolute Gasteiger partial charge is 0.285 e. The predicted molar refractivity (Wildman–Crippen MR) is 56.3 cm³/mol.